The first-order chi connectivity index (χ1) is 9.72. The summed E-state index contributed by atoms with van der Waals surface area (Å²) >= 11 is 0. The summed E-state index contributed by atoms with van der Waals surface area (Å²) in [7, 11) is 0. The smallest absolute Gasteiger partial charge is 0.265 e. The number of hydrogen-bond donors (Lipinski definition) is 2. The van der Waals surface area contributed by atoms with E-state index in [1.807, 2.05) is 36.4 Å². The second-order valence-electron chi connectivity index (χ2n) is 4.80. The van der Waals surface area contributed by atoms with Crippen molar-refractivity contribution in [3.8, 4) is 5.75 Å². The number of hydrogen-bond acceptors (Lipinski definition) is 3. The first-order valence-corrected chi connectivity index (χ1v) is 6.62. The summed E-state index contributed by atoms with van der Waals surface area (Å²) in [6, 6.07) is 15.9. The lowest BCUT2D eigenvalue weighted by Gasteiger charge is -2.23. The van der Waals surface area contributed by atoms with Crippen molar-refractivity contribution in [3.05, 3.63) is 54.1 Å². The zero-order chi connectivity index (χ0) is 13.9. The lowest BCUT2D eigenvalue weighted by molar-refractivity contribution is -0.122. The Morgan fingerprint density at radius 1 is 1.20 bits per heavy atom. The van der Waals surface area contributed by atoms with Crippen LogP contribution in [-0.2, 0) is 11.3 Å². The maximum absolute atomic E-state index is 11.6. The van der Waals surface area contributed by atoms with E-state index in [0.29, 0.717) is 11.4 Å². The molecule has 0 saturated carbocycles. The second kappa shape index (κ2) is 5.25. The van der Waals surface area contributed by atoms with Gasteiger partial charge < -0.3 is 15.4 Å². The van der Waals surface area contributed by atoms with Crippen LogP contribution in [0, 0.1) is 0 Å². The number of carbonyl (C=O) groups excluding carboxylic acids is 1. The summed E-state index contributed by atoms with van der Waals surface area (Å²) in [6.07, 6.45) is -0.439. The van der Waals surface area contributed by atoms with Gasteiger partial charge in [0.1, 0.15) is 5.75 Å². The molecule has 1 amide bonds. The number of fused-ring (bicyclic) bond motifs is 1. The molecule has 1 unspecified atom stereocenters. The van der Waals surface area contributed by atoms with Crippen molar-refractivity contribution in [1.82, 2.24) is 0 Å². The van der Waals surface area contributed by atoms with Gasteiger partial charge in [0.2, 0.25) is 0 Å². The van der Waals surface area contributed by atoms with Gasteiger partial charge in [-0.1, -0.05) is 30.3 Å². The van der Waals surface area contributed by atoms with Gasteiger partial charge in [-0.2, -0.15) is 0 Å². The maximum Gasteiger partial charge on any atom is 0.265 e. The van der Waals surface area contributed by atoms with Gasteiger partial charge in [0.15, 0.2) is 6.10 Å². The predicted octanol–water partition coefficient (Wildman–Crippen LogP) is 3.02. The van der Waals surface area contributed by atoms with E-state index in [-0.39, 0.29) is 5.91 Å². The first-order valence-electron chi connectivity index (χ1n) is 6.62. The molecular weight excluding hydrogens is 252 g/mol. The van der Waals surface area contributed by atoms with E-state index in [4.69, 9.17) is 4.74 Å². The maximum atomic E-state index is 11.6. The normalized spacial score (nSPS) is 16.9. The highest BCUT2D eigenvalue weighted by Gasteiger charge is 2.23. The van der Waals surface area contributed by atoms with Gasteiger partial charge in [0, 0.05) is 12.2 Å². The number of ether oxygens (including phenoxy) is 1. The molecule has 102 valence electrons. The van der Waals surface area contributed by atoms with Crippen LogP contribution in [0.25, 0.3) is 0 Å². The topological polar surface area (TPSA) is 50.4 Å². The summed E-state index contributed by atoms with van der Waals surface area (Å²) < 4.78 is 5.52. The molecule has 20 heavy (non-hydrogen) atoms. The first kappa shape index (κ1) is 12.5. The predicted molar refractivity (Wildman–Crippen MR) is 78.9 cm³/mol. The van der Waals surface area contributed by atoms with Crippen molar-refractivity contribution in [1.29, 1.82) is 0 Å². The van der Waals surface area contributed by atoms with Crippen LogP contribution in [0.5, 0.6) is 5.75 Å². The Balaban J connectivity index is 1.73. The van der Waals surface area contributed by atoms with E-state index >= 15 is 0 Å². The van der Waals surface area contributed by atoms with Gasteiger partial charge in [-0.05, 0) is 30.7 Å². The van der Waals surface area contributed by atoms with E-state index in [9.17, 15) is 4.79 Å². The van der Waals surface area contributed by atoms with Crippen LogP contribution in [0.15, 0.2) is 48.5 Å². The number of carbonyl (C=O) groups is 1. The molecule has 3 rings (SSSR count). The van der Waals surface area contributed by atoms with Crippen LogP contribution in [0.3, 0.4) is 0 Å². The zero-order valence-corrected chi connectivity index (χ0v) is 11.2. The van der Waals surface area contributed by atoms with Gasteiger partial charge >= 0.3 is 0 Å². The molecule has 0 saturated heterocycles. The third-order valence-corrected chi connectivity index (χ3v) is 3.25. The Morgan fingerprint density at radius 3 is 2.80 bits per heavy atom. The SMILES string of the molecule is CC1Oc2ccc(NCc3ccccc3)cc2NC1=O. The molecule has 4 heteroatoms. The van der Waals surface area contributed by atoms with Crippen molar-refractivity contribution in [3.63, 3.8) is 0 Å². The third kappa shape index (κ3) is 2.59. The molecule has 1 heterocycles. The largest absolute Gasteiger partial charge is 0.479 e. The fraction of sp³-hybridized carbons (Fsp3) is 0.188. The van der Waals surface area contributed by atoms with Crippen molar-refractivity contribution in [2.24, 2.45) is 0 Å². The van der Waals surface area contributed by atoms with Crippen LogP contribution in [-0.4, -0.2) is 12.0 Å². The Morgan fingerprint density at radius 2 is 2.00 bits per heavy atom. The Hall–Kier alpha value is -2.49. The molecule has 0 radical (unpaired) electrons. The van der Waals surface area contributed by atoms with Crippen LogP contribution < -0.4 is 15.4 Å². The molecule has 0 bridgehead atoms. The average Bonchev–Trinajstić information content (AvgIpc) is 2.47. The molecular formula is C16H16N2O2. The van der Waals surface area contributed by atoms with E-state index < -0.39 is 6.10 Å². The Kier molecular flexibility index (Phi) is 3.29. The fourth-order valence-corrected chi connectivity index (χ4v) is 2.12. The molecule has 0 spiro atoms. The highest BCUT2D eigenvalue weighted by molar-refractivity contribution is 5.98. The lowest BCUT2D eigenvalue weighted by atomic mass is 10.2. The van der Waals surface area contributed by atoms with E-state index in [0.717, 1.165) is 12.2 Å². The molecule has 2 aromatic rings. The average molecular weight is 268 g/mol. The minimum Gasteiger partial charge on any atom is -0.479 e. The highest BCUT2D eigenvalue weighted by atomic mass is 16.5. The number of rotatable bonds is 3. The van der Waals surface area contributed by atoms with Crippen LogP contribution in [0.1, 0.15) is 12.5 Å². The number of anilines is 2. The molecule has 1 atom stereocenters. The van der Waals surface area contributed by atoms with Crippen molar-refractivity contribution in [2.75, 3.05) is 10.6 Å². The summed E-state index contributed by atoms with van der Waals surface area (Å²) in [5.74, 6) is 0.597. The number of benzene rings is 2. The van der Waals surface area contributed by atoms with E-state index in [1.165, 1.54) is 5.56 Å². The fourth-order valence-electron chi connectivity index (χ4n) is 2.12. The Bertz CT molecular complexity index is 626. The third-order valence-electron chi connectivity index (χ3n) is 3.25. The van der Waals surface area contributed by atoms with Crippen molar-refractivity contribution < 1.29 is 9.53 Å². The quantitative estimate of drug-likeness (QED) is 0.899. The van der Waals surface area contributed by atoms with E-state index in [1.54, 1.807) is 6.92 Å². The molecule has 2 aromatic carbocycles. The summed E-state index contributed by atoms with van der Waals surface area (Å²) in [5, 5.41) is 6.17. The zero-order valence-electron chi connectivity index (χ0n) is 11.2. The minimum atomic E-state index is -0.439. The van der Waals surface area contributed by atoms with Gasteiger partial charge in [-0.25, -0.2) is 0 Å². The molecule has 1 aliphatic heterocycles. The highest BCUT2D eigenvalue weighted by Crippen LogP contribution is 2.32. The van der Waals surface area contributed by atoms with Gasteiger partial charge in [-0.3, -0.25) is 4.79 Å². The van der Waals surface area contributed by atoms with Crippen LogP contribution >= 0.6 is 0 Å². The van der Waals surface area contributed by atoms with Gasteiger partial charge in [0.25, 0.3) is 5.91 Å². The van der Waals surface area contributed by atoms with E-state index in [2.05, 4.69) is 22.8 Å². The summed E-state index contributed by atoms with van der Waals surface area (Å²) in [4.78, 5) is 11.6. The van der Waals surface area contributed by atoms with Crippen molar-refractivity contribution >= 4 is 17.3 Å². The molecule has 1 aliphatic rings. The Labute approximate surface area is 117 Å². The molecule has 0 aliphatic carbocycles. The monoisotopic (exact) mass is 268 g/mol. The van der Waals surface area contributed by atoms with Crippen molar-refractivity contribution in [2.45, 2.75) is 19.6 Å². The second-order valence-corrected chi connectivity index (χ2v) is 4.80. The molecule has 2 N–H and O–H groups in total. The molecule has 0 aromatic heterocycles. The van der Waals surface area contributed by atoms with Crippen LogP contribution in [0.2, 0.25) is 0 Å². The standard InChI is InChI=1S/C16H16N2O2/c1-11-16(19)18-14-9-13(7-8-15(14)20-11)17-10-12-5-3-2-4-6-12/h2-9,11,17H,10H2,1H3,(H,18,19). The number of amides is 1. The summed E-state index contributed by atoms with van der Waals surface area (Å²) in [5.41, 5.74) is 2.87. The number of nitrogens with one attached hydrogen (secondary N) is 2. The lowest BCUT2D eigenvalue weighted by Crippen LogP contribution is -2.34. The molecule has 4 nitrogen and oxygen atoms in total. The van der Waals surface area contributed by atoms with Gasteiger partial charge in [0.05, 0.1) is 5.69 Å². The molecule has 0 fully saturated rings. The minimum absolute atomic E-state index is 0.113. The van der Waals surface area contributed by atoms with Gasteiger partial charge in [-0.15, -0.1) is 0 Å². The van der Waals surface area contributed by atoms with Crippen LogP contribution in [0.4, 0.5) is 11.4 Å². The summed E-state index contributed by atoms with van der Waals surface area (Å²) in [6.45, 7) is 2.48.